The Balaban J connectivity index is 3.94. The van der Waals surface area contributed by atoms with Crippen molar-refractivity contribution >= 4 is 19.8 Å². The van der Waals surface area contributed by atoms with Gasteiger partial charge in [-0.1, -0.05) is 165 Å². The Kier molecular flexibility index (Phi) is 39.2. The van der Waals surface area contributed by atoms with Crippen LogP contribution in [0.25, 0.3) is 0 Å². The van der Waals surface area contributed by atoms with Gasteiger partial charge in [0, 0.05) is 12.8 Å². The highest BCUT2D eigenvalue weighted by atomic mass is 31.2. The van der Waals surface area contributed by atoms with Crippen molar-refractivity contribution in [3.8, 4) is 0 Å². The molecule has 0 heterocycles. The fourth-order valence-corrected chi connectivity index (χ4v) is 6.38. The molecule has 0 rings (SSSR count). The molecule has 0 radical (unpaired) electrons. The average Bonchev–Trinajstić information content (AvgIpc) is 3.14. The van der Waals surface area contributed by atoms with Gasteiger partial charge < -0.3 is 19.3 Å². The number of rotatable bonds is 40. The maximum Gasteiger partial charge on any atom is 0.469 e. The standard InChI is InChI=1S/C45H81O8P/c1-3-5-7-9-11-13-15-17-19-21-22-24-26-28-30-32-34-36-38-40-45(47)53-43(42-52-54(48,49)50)41-51-44(46)39-37-35-33-31-29-27-25-23-20-18-16-14-12-10-8-6-4-2/h11,13,17-20,22,24,43H,3-10,12,14-16,21,23,25-42H2,1-2H3,(H2,48,49,50)/b13-11-,19-17-,20-18-,24-22-. The number of phosphoric ester groups is 1. The van der Waals surface area contributed by atoms with E-state index in [2.05, 4.69) is 67.0 Å². The molecule has 0 aliphatic carbocycles. The van der Waals surface area contributed by atoms with Crippen LogP contribution in [0.5, 0.6) is 0 Å². The van der Waals surface area contributed by atoms with Gasteiger partial charge in [-0.15, -0.1) is 0 Å². The van der Waals surface area contributed by atoms with Gasteiger partial charge in [-0.3, -0.25) is 14.1 Å². The van der Waals surface area contributed by atoms with E-state index < -0.39 is 32.5 Å². The Labute approximate surface area is 331 Å². The molecule has 0 aliphatic rings. The number of ether oxygens (including phenoxy) is 2. The number of hydrogen-bond donors (Lipinski definition) is 2. The first-order chi connectivity index (χ1) is 26.3. The van der Waals surface area contributed by atoms with Crippen LogP contribution in [0.4, 0.5) is 0 Å². The quantitative estimate of drug-likeness (QED) is 0.0273. The third kappa shape index (κ3) is 42.7. The van der Waals surface area contributed by atoms with Gasteiger partial charge in [0.1, 0.15) is 6.61 Å². The van der Waals surface area contributed by atoms with Gasteiger partial charge in [0.25, 0.3) is 0 Å². The molecule has 1 unspecified atom stereocenters. The maximum atomic E-state index is 12.4. The van der Waals surface area contributed by atoms with Crippen molar-refractivity contribution in [2.24, 2.45) is 0 Å². The molecule has 2 N–H and O–H groups in total. The summed E-state index contributed by atoms with van der Waals surface area (Å²) in [4.78, 5) is 42.9. The largest absolute Gasteiger partial charge is 0.469 e. The zero-order valence-corrected chi connectivity index (χ0v) is 35.5. The molecular weight excluding hydrogens is 699 g/mol. The third-order valence-electron chi connectivity index (χ3n) is 9.32. The lowest BCUT2D eigenvalue weighted by Gasteiger charge is -2.18. The van der Waals surface area contributed by atoms with E-state index >= 15 is 0 Å². The smallest absolute Gasteiger partial charge is 0.462 e. The van der Waals surface area contributed by atoms with Gasteiger partial charge in [0.05, 0.1) is 6.61 Å². The monoisotopic (exact) mass is 781 g/mol. The molecule has 1 atom stereocenters. The number of phosphoric acid groups is 1. The molecule has 314 valence electrons. The van der Waals surface area contributed by atoms with Crippen LogP contribution in [0, 0.1) is 0 Å². The minimum Gasteiger partial charge on any atom is -0.462 e. The zero-order valence-electron chi connectivity index (χ0n) is 34.6. The van der Waals surface area contributed by atoms with E-state index in [0.29, 0.717) is 6.42 Å². The van der Waals surface area contributed by atoms with Crippen molar-refractivity contribution in [3.05, 3.63) is 48.6 Å². The summed E-state index contributed by atoms with van der Waals surface area (Å²) in [5, 5.41) is 0. The Morgan fingerprint density at radius 1 is 0.481 bits per heavy atom. The van der Waals surface area contributed by atoms with E-state index in [4.69, 9.17) is 19.3 Å². The van der Waals surface area contributed by atoms with Crippen LogP contribution in [-0.4, -0.2) is 41.0 Å². The normalized spacial score (nSPS) is 12.9. The minimum absolute atomic E-state index is 0.196. The predicted octanol–water partition coefficient (Wildman–Crippen LogP) is 13.5. The number of esters is 2. The molecule has 8 nitrogen and oxygen atoms in total. The van der Waals surface area contributed by atoms with Gasteiger partial charge >= 0.3 is 19.8 Å². The summed E-state index contributed by atoms with van der Waals surface area (Å²) in [6.07, 6.45) is 49.7. The molecule has 0 saturated carbocycles. The number of unbranched alkanes of at least 4 members (excludes halogenated alkanes) is 22. The number of carbonyl (C=O) groups is 2. The molecule has 0 spiro atoms. The fourth-order valence-electron chi connectivity index (χ4n) is 6.02. The Bertz CT molecular complexity index is 1020. The van der Waals surface area contributed by atoms with Crippen LogP contribution >= 0.6 is 7.82 Å². The highest BCUT2D eigenvalue weighted by molar-refractivity contribution is 7.46. The lowest BCUT2D eigenvalue weighted by molar-refractivity contribution is -0.161. The topological polar surface area (TPSA) is 119 Å². The lowest BCUT2D eigenvalue weighted by atomic mass is 10.1. The molecular formula is C45H81O8P. The van der Waals surface area contributed by atoms with Crippen molar-refractivity contribution in [1.82, 2.24) is 0 Å². The summed E-state index contributed by atoms with van der Waals surface area (Å²) in [6.45, 7) is 3.65. The Hall–Kier alpha value is -1.99. The van der Waals surface area contributed by atoms with Crippen LogP contribution in [-0.2, 0) is 28.2 Å². The Morgan fingerprint density at radius 3 is 1.30 bits per heavy atom. The van der Waals surface area contributed by atoms with Gasteiger partial charge in [-0.25, -0.2) is 4.57 Å². The first-order valence-electron chi connectivity index (χ1n) is 21.9. The summed E-state index contributed by atoms with van der Waals surface area (Å²) >= 11 is 0. The first kappa shape index (κ1) is 52.0. The van der Waals surface area contributed by atoms with E-state index in [1.165, 1.54) is 89.9 Å². The van der Waals surface area contributed by atoms with Gasteiger partial charge in [-0.05, 0) is 77.0 Å². The maximum absolute atomic E-state index is 12.4. The molecule has 0 aromatic heterocycles. The van der Waals surface area contributed by atoms with Gasteiger partial charge in [-0.2, -0.15) is 0 Å². The molecule has 0 aromatic carbocycles. The molecule has 0 aromatic rings. The fraction of sp³-hybridized carbons (Fsp3) is 0.778. The predicted molar refractivity (Wildman–Crippen MR) is 225 cm³/mol. The number of allylic oxidation sites excluding steroid dienone is 8. The van der Waals surface area contributed by atoms with Crippen LogP contribution < -0.4 is 0 Å². The van der Waals surface area contributed by atoms with E-state index in [1.807, 2.05) is 0 Å². The van der Waals surface area contributed by atoms with E-state index in [9.17, 15) is 14.2 Å². The molecule has 0 aliphatic heterocycles. The highest BCUT2D eigenvalue weighted by Crippen LogP contribution is 2.36. The SMILES string of the molecule is CCCCC/C=C\C/C=C\C/C=C\CCCCCCCCC(=O)OC(COC(=O)CCCCCCCCC/C=C\CCCCCCCC)COP(=O)(O)O. The lowest BCUT2D eigenvalue weighted by Crippen LogP contribution is -2.29. The van der Waals surface area contributed by atoms with Crippen molar-refractivity contribution in [2.75, 3.05) is 13.2 Å². The molecule has 9 heteroatoms. The van der Waals surface area contributed by atoms with Crippen molar-refractivity contribution in [3.63, 3.8) is 0 Å². The summed E-state index contributed by atoms with van der Waals surface area (Å²) < 4.78 is 26.4. The van der Waals surface area contributed by atoms with Crippen LogP contribution in [0.15, 0.2) is 48.6 Å². The van der Waals surface area contributed by atoms with E-state index in [0.717, 1.165) is 83.5 Å². The van der Waals surface area contributed by atoms with Crippen molar-refractivity contribution < 1.29 is 37.9 Å². The van der Waals surface area contributed by atoms with Crippen molar-refractivity contribution in [1.29, 1.82) is 0 Å². The van der Waals surface area contributed by atoms with Crippen LogP contribution in [0.3, 0.4) is 0 Å². The molecule has 0 bridgehead atoms. The third-order valence-corrected chi connectivity index (χ3v) is 9.81. The average molecular weight is 781 g/mol. The summed E-state index contributed by atoms with van der Waals surface area (Å²) in [5.74, 6) is -0.902. The van der Waals surface area contributed by atoms with Crippen LogP contribution in [0.2, 0.25) is 0 Å². The second kappa shape index (κ2) is 40.7. The molecule has 0 amide bonds. The molecule has 0 fully saturated rings. The number of carbonyl (C=O) groups excluding carboxylic acids is 2. The highest BCUT2D eigenvalue weighted by Gasteiger charge is 2.22. The summed E-state index contributed by atoms with van der Waals surface area (Å²) in [7, 11) is -4.76. The van der Waals surface area contributed by atoms with Crippen LogP contribution in [0.1, 0.15) is 206 Å². The summed E-state index contributed by atoms with van der Waals surface area (Å²) in [6, 6.07) is 0. The second-order valence-corrected chi connectivity index (χ2v) is 15.9. The van der Waals surface area contributed by atoms with E-state index in [1.54, 1.807) is 0 Å². The minimum atomic E-state index is -4.76. The van der Waals surface area contributed by atoms with Gasteiger partial charge in [0.15, 0.2) is 6.10 Å². The zero-order chi connectivity index (χ0) is 39.6. The number of hydrogen-bond acceptors (Lipinski definition) is 6. The second-order valence-electron chi connectivity index (χ2n) is 14.7. The summed E-state index contributed by atoms with van der Waals surface area (Å²) in [5.41, 5.74) is 0. The van der Waals surface area contributed by atoms with Crippen molar-refractivity contribution in [2.45, 2.75) is 213 Å². The molecule has 54 heavy (non-hydrogen) atoms. The Morgan fingerprint density at radius 2 is 0.833 bits per heavy atom. The van der Waals surface area contributed by atoms with E-state index in [-0.39, 0.29) is 19.4 Å². The molecule has 0 saturated heterocycles. The van der Waals surface area contributed by atoms with Gasteiger partial charge in [0.2, 0.25) is 0 Å². The first-order valence-corrected chi connectivity index (χ1v) is 23.5.